The standard InChI is InChI=1S/C19H26N6O3/c1-14-20-18(28-23-14)19(6-12-27-13-7-19)22-17(26)15-4-3-5-16(21-15)25-10-8-24(2)9-11-25/h3-5H,6-13H2,1-2H3,(H,22,26). The summed E-state index contributed by atoms with van der Waals surface area (Å²) in [5, 5.41) is 7.00. The van der Waals surface area contributed by atoms with E-state index in [1.165, 1.54) is 0 Å². The van der Waals surface area contributed by atoms with Gasteiger partial charge in [0.15, 0.2) is 5.82 Å². The number of nitrogens with one attached hydrogen (secondary N) is 1. The average molecular weight is 386 g/mol. The lowest BCUT2D eigenvalue weighted by atomic mass is 9.89. The largest absolute Gasteiger partial charge is 0.381 e. The predicted molar refractivity (Wildman–Crippen MR) is 102 cm³/mol. The minimum Gasteiger partial charge on any atom is -0.381 e. The first kappa shape index (κ1) is 18.8. The molecule has 1 N–H and O–H groups in total. The molecular formula is C19H26N6O3. The number of pyridine rings is 1. The fraction of sp³-hybridized carbons (Fsp3) is 0.579. The van der Waals surface area contributed by atoms with Crippen LogP contribution in [0.25, 0.3) is 0 Å². The van der Waals surface area contributed by atoms with E-state index in [1.54, 1.807) is 13.0 Å². The maximum absolute atomic E-state index is 13.1. The van der Waals surface area contributed by atoms with E-state index in [1.807, 2.05) is 12.1 Å². The van der Waals surface area contributed by atoms with Gasteiger partial charge < -0.3 is 24.4 Å². The molecule has 0 radical (unpaired) electrons. The third-order valence-corrected chi connectivity index (χ3v) is 5.43. The van der Waals surface area contributed by atoms with Gasteiger partial charge in [-0.25, -0.2) is 4.98 Å². The molecule has 2 fully saturated rings. The summed E-state index contributed by atoms with van der Waals surface area (Å²) >= 11 is 0. The lowest BCUT2D eigenvalue weighted by molar-refractivity contribution is 0.0220. The summed E-state index contributed by atoms with van der Waals surface area (Å²) in [4.78, 5) is 26.5. The number of carbonyl (C=O) groups excluding carboxylic acids is 1. The van der Waals surface area contributed by atoms with Crippen LogP contribution in [0.3, 0.4) is 0 Å². The van der Waals surface area contributed by atoms with Crippen LogP contribution in [0, 0.1) is 6.92 Å². The summed E-state index contributed by atoms with van der Waals surface area (Å²) in [6.07, 6.45) is 1.16. The summed E-state index contributed by atoms with van der Waals surface area (Å²) in [6, 6.07) is 5.57. The van der Waals surface area contributed by atoms with Crippen molar-refractivity contribution in [3.8, 4) is 0 Å². The summed E-state index contributed by atoms with van der Waals surface area (Å²) in [6.45, 7) is 6.58. The first-order chi connectivity index (χ1) is 13.6. The number of carbonyl (C=O) groups is 1. The molecule has 0 aromatic carbocycles. The van der Waals surface area contributed by atoms with Crippen molar-refractivity contribution in [2.24, 2.45) is 0 Å². The number of likely N-dealkylation sites (N-methyl/N-ethyl adjacent to an activating group) is 1. The molecule has 1 amide bonds. The number of aryl methyl sites for hydroxylation is 1. The van der Waals surface area contributed by atoms with E-state index in [2.05, 4.69) is 37.3 Å². The Bertz CT molecular complexity index is 825. The van der Waals surface area contributed by atoms with Crippen LogP contribution in [0.1, 0.15) is 35.0 Å². The quantitative estimate of drug-likeness (QED) is 0.830. The first-order valence-corrected chi connectivity index (χ1v) is 9.67. The van der Waals surface area contributed by atoms with E-state index in [9.17, 15) is 4.79 Å². The van der Waals surface area contributed by atoms with Gasteiger partial charge in [-0.2, -0.15) is 4.98 Å². The molecular weight excluding hydrogens is 360 g/mol. The molecule has 0 saturated carbocycles. The maximum atomic E-state index is 13.1. The van der Waals surface area contributed by atoms with E-state index >= 15 is 0 Å². The van der Waals surface area contributed by atoms with Gasteiger partial charge in [0, 0.05) is 52.2 Å². The second-order valence-corrected chi connectivity index (χ2v) is 7.47. The highest BCUT2D eigenvalue weighted by molar-refractivity contribution is 5.93. The number of anilines is 1. The van der Waals surface area contributed by atoms with Crippen molar-refractivity contribution < 1.29 is 14.1 Å². The van der Waals surface area contributed by atoms with Crippen molar-refractivity contribution in [3.05, 3.63) is 35.6 Å². The molecule has 2 aromatic heterocycles. The van der Waals surface area contributed by atoms with Crippen molar-refractivity contribution >= 4 is 11.7 Å². The van der Waals surface area contributed by atoms with Gasteiger partial charge in [0.1, 0.15) is 17.1 Å². The molecule has 0 aliphatic carbocycles. The van der Waals surface area contributed by atoms with E-state index in [0.29, 0.717) is 43.5 Å². The van der Waals surface area contributed by atoms with Gasteiger partial charge in [-0.1, -0.05) is 11.2 Å². The van der Waals surface area contributed by atoms with E-state index < -0.39 is 5.54 Å². The van der Waals surface area contributed by atoms with Crippen LogP contribution >= 0.6 is 0 Å². The first-order valence-electron chi connectivity index (χ1n) is 9.67. The molecule has 2 aromatic rings. The molecule has 0 unspecified atom stereocenters. The van der Waals surface area contributed by atoms with Crippen LogP contribution in [-0.2, 0) is 10.3 Å². The molecule has 0 bridgehead atoms. The summed E-state index contributed by atoms with van der Waals surface area (Å²) in [7, 11) is 2.11. The number of amides is 1. The molecule has 2 aliphatic heterocycles. The molecule has 28 heavy (non-hydrogen) atoms. The molecule has 4 heterocycles. The Balaban J connectivity index is 1.54. The molecule has 2 saturated heterocycles. The van der Waals surface area contributed by atoms with Crippen molar-refractivity contribution in [2.45, 2.75) is 25.3 Å². The molecule has 0 atom stereocenters. The highest BCUT2D eigenvalue weighted by Crippen LogP contribution is 2.31. The van der Waals surface area contributed by atoms with Crippen molar-refractivity contribution in [3.63, 3.8) is 0 Å². The summed E-state index contributed by atoms with van der Waals surface area (Å²) < 4.78 is 10.9. The Morgan fingerprint density at radius 1 is 1.14 bits per heavy atom. The second kappa shape index (κ2) is 7.84. The van der Waals surface area contributed by atoms with Crippen LogP contribution in [0.2, 0.25) is 0 Å². The minimum atomic E-state index is -0.720. The fourth-order valence-corrected chi connectivity index (χ4v) is 3.65. The lowest BCUT2D eigenvalue weighted by Gasteiger charge is -2.35. The van der Waals surface area contributed by atoms with Gasteiger partial charge in [-0.3, -0.25) is 4.79 Å². The molecule has 9 heteroatoms. The molecule has 4 rings (SSSR count). The van der Waals surface area contributed by atoms with Crippen LogP contribution in [0.5, 0.6) is 0 Å². The molecule has 0 spiro atoms. The van der Waals surface area contributed by atoms with Gasteiger partial charge in [-0.15, -0.1) is 0 Å². The number of hydrogen-bond donors (Lipinski definition) is 1. The summed E-state index contributed by atoms with van der Waals surface area (Å²) in [5.41, 5.74) is -0.333. The maximum Gasteiger partial charge on any atom is 0.270 e. The Labute approximate surface area is 164 Å². The van der Waals surface area contributed by atoms with Gasteiger partial charge >= 0.3 is 0 Å². The smallest absolute Gasteiger partial charge is 0.270 e. The molecule has 150 valence electrons. The van der Waals surface area contributed by atoms with Gasteiger partial charge in [-0.05, 0) is 26.1 Å². The van der Waals surface area contributed by atoms with Crippen LogP contribution in [0.15, 0.2) is 22.7 Å². The SMILES string of the molecule is Cc1noc(C2(NC(=O)c3cccc(N4CCN(C)CC4)n3)CCOCC2)n1. The Kier molecular flexibility index (Phi) is 5.27. The number of ether oxygens (including phenoxy) is 1. The zero-order valence-electron chi connectivity index (χ0n) is 16.3. The monoisotopic (exact) mass is 386 g/mol. The van der Waals surface area contributed by atoms with Crippen molar-refractivity contribution in [1.29, 1.82) is 0 Å². The number of piperazine rings is 1. The number of hydrogen-bond acceptors (Lipinski definition) is 8. The average Bonchev–Trinajstić information content (AvgIpc) is 3.16. The Morgan fingerprint density at radius 2 is 1.89 bits per heavy atom. The van der Waals surface area contributed by atoms with Crippen molar-refractivity contribution in [2.75, 3.05) is 51.3 Å². The minimum absolute atomic E-state index is 0.242. The zero-order chi connectivity index (χ0) is 19.6. The topological polar surface area (TPSA) is 96.6 Å². The number of rotatable bonds is 4. The van der Waals surface area contributed by atoms with E-state index in [-0.39, 0.29) is 5.91 Å². The van der Waals surface area contributed by atoms with Crippen LogP contribution in [0.4, 0.5) is 5.82 Å². The normalized spacial score (nSPS) is 20.1. The van der Waals surface area contributed by atoms with Crippen molar-refractivity contribution in [1.82, 2.24) is 25.3 Å². The molecule has 9 nitrogen and oxygen atoms in total. The lowest BCUT2D eigenvalue weighted by Crippen LogP contribution is -2.50. The van der Waals surface area contributed by atoms with E-state index in [4.69, 9.17) is 9.26 Å². The van der Waals surface area contributed by atoms with Gasteiger partial charge in [0.25, 0.3) is 11.8 Å². The Morgan fingerprint density at radius 3 is 2.57 bits per heavy atom. The predicted octanol–water partition coefficient (Wildman–Crippen LogP) is 0.961. The highest BCUT2D eigenvalue weighted by Gasteiger charge is 2.41. The Hall–Kier alpha value is -2.52. The zero-order valence-corrected chi connectivity index (χ0v) is 16.3. The third kappa shape index (κ3) is 3.85. The summed E-state index contributed by atoms with van der Waals surface area (Å²) in [5.74, 6) is 1.56. The molecule has 2 aliphatic rings. The second-order valence-electron chi connectivity index (χ2n) is 7.47. The van der Waals surface area contributed by atoms with Gasteiger partial charge in [0.2, 0.25) is 0 Å². The highest BCUT2D eigenvalue weighted by atomic mass is 16.5. The van der Waals surface area contributed by atoms with E-state index in [0.717, 1.165) is 32.0 Å². The number of nitrogens with zero attached hydrogens (tertiary/aromatic N) is 5. The fourth-order valence-electron chi connectivity index (χ4n) is 3.65. The third-order valence-electron chi connectivity index (χ3n) is 5.43. The van der Waals surface area contributed by atoms with Crippen LogP contribution < -0.4 is 10.2 Å². The number of aromatic nitrogens is 3. The van der Waals surface area contributed by atoms with Gasteiger partial charge in [0.05, 0.1) is 0 Å². The van der Waals surface area contributed by atoms with Crippen LogP contribution in [-0.4, -0.2) is 72.4 Å².